The van der Waals surface area contributed by atoms with Gasteiger partial charge in [0.1, 0.15) is 0 Å². The summed E-state index contributed by atoms with van der Waals surface area (Å²) in [6.07, 6.45) is 5.34. The van der Waals surface area contributed by atoms with Crippen molar-refractivity contribution >= 4 is 11.8 Å². The lowest BCUT2D eigenvalue weighted by Crippen LogP contribution is -2.30. The van der Waals surface area contributed by atoms with E-state index in [0.717, 1.165) is 5.25 Å². The quantitative estimate of drug-likeness (QED) is 0.635. The lowest BCUT2D eigenvalue weighted by molar-refractivity contribution is 0.531. The van der Waals surface area contributed by atoms with E-state index < -0.39 is 0 Å². The molecule has 1 saturated heterocycles. The van der Waals surface area contributed by atoms with E-state index in [-0.39, 0.29) is 0 Å². The number of rotatable bonds is 7. The van der Waals surface area contributed by atoms with E-state index in [1.54, 1.807) is 0 Å². The lowest BCUT2D eigenvalue weighted by Gasteiger charge is -2.21. The molecule has 0 amide bonds. The van der Waals surface area contributed by atoms with Crippen molar-refractivity contribution in [2.75, 3.05) is 31.9 Å². The van der Waals surface area contributed by atoms with Crippen molar-refractivity contribution in [3.05, 3.63) is 0 Å². The van der Waals surface area contributed by atoms with Gasteiger partial charge in [-0.25, -0.2) is 0 Å². The monoisotopic (exact) mass is 216 g/mol. The highest BCUT2D eigenvalue weighted by Crippen LogP contribution is 2.19. The van der Waals surface area contributed by atoms with E-state index in [4.69, 9.17) is 0 Å². The maximum absolute atomic E-state index is 3.49. The standard InChI is InChI=1S/C11H24N2S/c1-2-3-6-12-9-10-14-11-4-7-13-8-5-11/h11-13H,2-10H2,1H3. The second kappa shape index (κ2) is 8.57. The molecule has 0 saturated carbocycles. The van der Waals surface area contributed by atoms with Crippen molar-refractivity contribution in [3.63, 3.8) is 0 Å². The van der Waals surface area contributed by atoms with Crippen LogP contribution in [0.25, 0.3) is 0 Å². The summed E-state index contributed by atoms with van der Waals surface area (Å²) >= 11 is 2.15. The van der Waals surface area contributed by atoms with Gasteiger partial charge in [-0.15, -0.1) is 0 Å². The smallest absolute Gasteiger partial charge is 0.00716 e. The van der Waals surface area contributed by atoms with Gasteiger partial charge in [-0.2, -0.15) is 11.8 Å². The summed E-state index contributed by atoms with van der Waals surface area (Å²) in [6.45, 7) is 7.07. The molecule has 1 rings (SSSR count). The first-order valence-corrected chi connectivity index (χ1v) is 7.01. The van der Waals surface area contributed by atoms with Gasteiger partial charge in [-0.05, 0) is 38.9 Å². The van der Waals surface area contributed by atoms with E-state index in [9.17, 15) is 0 Å². The molecule has 0 bridgehead atoms. The maximum Gasteiger partial charge on any atom is 0.00716 e. The molecule has 84 valence electrons. The number of piperidine rings is 1. The van der Waals surface area contributed by atoms with Crippen molar-refractivity contribution in [1.82, 2.24) is 10.6 Å². The minimum absolute atomic E-state index is 0.921. The van der Waals surface area contributed by atoms with Crippen molar-refractivity contribution in [2.24, 2.45) is 0 Å². The van der Waals surface area contributed by atoms with Gasteiger partial charge in [0, 0.05) is 17.5 Å². The van der Waals surface area contributed by atoms with Crippen LogP contribution in [-0.2, 0) is 0 Å². The number of unbranched alkanes of at least 4 members (excludes halogenated alkanes) is 1. The third kappa shape index (κ3) is 5.89. The molecule has 0 spiro atoms. The molecule has 1 heterocycles. The molecule has 0 aromatic carbocycles. The summed E-state index contributed by atoms with van der Waals surface area (Å²) in [7, 11) is 0. The highest BCUT2D eigenvalue weighted by Gasteiger charge is 2.12. The highest BCUT2D eigenvalue weighted by atomic mass is 32.2. The maximum atomic E-state index is 3.49. The molecule has 0 aliphatic carbocycles. The molecule has 0 radical (unpaired) electrons. The fourth-order valence-electron chi connectivity index (χ4n) is 1.69. The molecule has 1 aliphatic rings. The molecule has 0 unspecified atom stereocenters. The van der Waals surface area contributed by atoms with E-state index in [2.05, 4.69) is 29.3 Å². The predicted octanol–water partition coefficient (Wildman–Crippen LogP) is 1.86. The number of nitrogens with one attached hydrogen (secondary N) is 2. The Morgan fingerprint density at radius 1 is 1.29 bits per heavy atom. The van der Waals surface area contributed by atoms with Gasteiger partial charge >= 0.3 is 0 Å². The fourth-order valence-corrected chi connectivity index (χ4v) is 2.85. The normalized spacial score (nSPS) is 18.6. The van der Waals surface area contributed by atoms with E-state index in [1.165, 1.54) is 57.6 Å². The Labute approximate surface area is 92.6 Å². The number of thioether (sulfide) groups is 1. The van der Waals surface area contributed by atoms with Crippen molar-refractivity contribution in [1.29, 1.82) is 0 Å². The van der Waals surface area contributed by atoms with Gasteiger partial charge in [-0.3, -0.25) is 0 Å². The van der Waals surface area contributed by atoms with Gasteiger partial charge in [-0.1, -0.05) is 13.3 Å². The largest absolute Gasteiger partial charge is 0.317 e. The molecule has 1 fully saturated rings. The van der Waals surface area contributed by atoms with Gasteiger partial charge in [0.15, 0.2) is 0 Å². The average molecular weight is 216 g/mol. The molecule has 2 nitrogen and oxygen atoms in total. The lowest BCUT2D eigenvalue weighted by atomic mass is 10.2. The molecule has 1 aliphatic heterocycles. The first kappa shape index (κ1) is 12.3. The van der Waals surface area contributed by atoms with Crippen molar-refractivity contribution in [2.45, 2.75) is 37.9 Å². The van der Waals surface area contributed by atoms with Crippen LogP contribution >= 0.6 is 11.8 Å². The molecule has 2 N–H and O–H groups in total. The van der Waals surface area contributed by atoms with Gasteiger partial charge in [0.2, 0.25) is 0 Å². The van der Waals surface area contributed by atoms with Gasteiger partial charge in [0.05, 0.1) is 0 Å². The summed E-state index contributed by atoms with van der Waals surface area (Å²) in [4.78, 5) is 0. The number of hydrogen-bond acceptors (Lipinski definition) is 3. The van der Waals surface area contributed by atoms with Crippen LogP contribution < -0.4 is 10.6 Å². The predicted molar refractivity (Wildman–Crippen MR) is 66.1 cm³/mol. The Bertz CT molecular complexity index is 124. The van der Waals surface area contributed by atoms with Crippen molar-refractivity contribution < 1.29 is 0 Å². The van der Waals surface area contributed by atoms with Crippen LogP contribution in [0.4, 0.5) is 0 Å². The second-order valence-corrected chi connectivity index (χ2v) is 5.33. The van der Waals surface area contributed by atoms with Crippen LogP contribution in [0.1, 0.15) is 32.6 Å². The summed E-state index contributed by atoms with van der Waals surface area (Å²) < 4.78 is 0. The van der Waals surface area contributed by atoms with E-state index >= 15 is 0 Å². The SMILES string of the molecule is CCCCNCCSC1CCNCC1. The first-order chi connectivity index (χ1) is 6.93. The minimum Gasteiger partial charge on any atom is -0.317 e. The molecule has 3 heteroatoms. The average Bonchev–Trinajstić information content (AvgIpc) is 2.25. The van der Waals surface area contributed by atoms with E-state index in [0.29, 0.717) is 0 Å². The second-order valence-electron chi connectivity index (χ2n) is 3.92. The zero-order chi connectivity index (χ0) is 10.1. The number of hydrogen-bond donors (Lipinski definition) is 2. The van der Waals surface area contributed by atoms with E-state index in [1.807, 2.05) is 0 Å². The van der Waals surface area contributed by atoms with Crippen LogP contribution in [-0.4, -0.2) is 37.2 Å². The Hall–Kier alpha value is 0.270. The van der Waals surface area contributed by atoms with Crippen LogP contribution in [0.3, 0.4) is 0 Å². The molecule has 14 heavy (non-hydrogen) atoms. The molecule has 0 atom stereocenters. The third-order valence-electron chi connectivity index (χ3n) is 2.63. The van der Waals surface area contributed by atoms with Crippen LogP contribution in [0.15, 0.2) is 0 Å². The Morgan fingerprint density at radius 2 is 2.07 bits per heavy atom. The summed E-state index contributed by atoms with van der Waals surface area (Å²) in [6, 6.07) is 0. The molecule has 0 aromatic rings. The topological polar surface area (TPSA) is 24.1 Å². The molecule has 0 aromatic heterocycles. The van der Waals surface area contributed by atoms with Crippen LogP contribution in [0.2, 0.25) is 0 Å². The minimum atomic E-state index is 0.921. The fraction of sp³-hybridized carbons (Fsp3) is 1.00. The zero-order valence-corrected chi connectivity index (χ0v) is 10.2. The zero-order valence-electron chi connectivity index (χ0n) is 9.35. The summed E-state index contributed by atoms with van der Waals surface area (Å²) in [5.41, 5.74) is 0. The van der Waals surface area contributed by atoms with Crippen molar-refractivity contribution in [3.8, 4) is 0 Å². The summed E-state index contributed by atoms with van der Waals surface area (Å²) in [5, 5.41) is 7.81. The van der Waals surface area contributed by atoms with Crippen LogP contribution in [0.5, 0.6) is 0 Å². The first-order valence-electron chi connectivity index (χ1n) is 5.96. The molecular weight excluding hydrogens is 192 g/mol. The Morgan fingerprint density at radius 3 is 2.79 bits per heavy atom. The van der Waals surface area contributed by atoms with Gasteiger partial charge in [0.25, 0.3) is 0 Å². The Kier molecular flexibility index (Phi) is 7.55. The Balaban J connectivity index is 1.82. The highest BCUT2D eigenvalue weighted by molar-refractivity contribution is 7.99. The van der Waals surface area contributed by atoms with Crippen LogP contribution in [0, 0.1) is 0 Å². The van der Waals surface area contributed by atoms with Gasteiger partial charge < -0.3 is 10.6 Å². The summed E-state index contributed by atoms with van der Waals surface area (Å²) in [5.74, 6) is 1.29. The molecular formula is C11H24N2S. The third-order valence-corrected chi connectivity index (χ3v) is 4.01.